The summed E-state index contributed by atoms with van der Waals surface area (Å²) in [6.45, 7) is 3.34. The maximum Gasteiger partial charge on any atom is 0.201 e. The van der Waals surface area contributed by atoms with Crippen LogP contribution in [0.1, 0.15) is 73.7 Å². The number of benzene rings is 1. The zero-order valence-electron chi connectivity index (χ0n) is 16.9. The molecule has 1 aromatic carbocycles. The fourth-order valence-corrected chi connectivity index (χ4v) is 4.99. The van der Waals surface area contributed by atoms with Crippen LogP contribution >= 0.6 is 0 Å². The van der Waals surface area contributed by atoms with Crippen molar-refractivity contribution in [2.75, 3.05) is 13.1 Å². The van der Waals surface area contributed by atoms with Crippen LogP contribution in [-0.2, 0) is 24.0 Å². The molecule has 1 aliphatic heterocycles. The van der Waals surface area contributed by atoms with Crippen molar-refractivity contribution in [2.24, 2.45) is 0 Å². The molecule has 0 amide bonds. The number of piperidine rings is 1. The second kappa shape index (κ2) is 9.82. The topological polar surface area (TPSA) is 80.1 Å². The molecule has 7 nitrogen and oxygen atoms in total. The molecule has 2 fully saturated rings. The monoisotopic (exact) mass is 417 g/mol. The van der Waals surface area contributed by atoms with Gasteiger partial charge in [0.1, 0.15) is 0 Å². The van der Waals surface area contributed by atoms with Crippen LogP contribution in [0.3, 0.4) is 0 Å². The van der Waals surface area contributed by atoms with Gasteiger partial charge in [-0.2, -0.15) is 0 Å². The first-order valence-corrected chi connectivity index (χ1v) is 11.9. The molecule has 0 unspecified atom stereocenters. The molecule has 2 aromatic rings. The van der Waals surface area contributed by atoms with E-state index in [9.17, 15) is 8.42 Å². The van der Waals surface area contributed by atoms with E-state index in [0.717, 1.165) is 43.7 Å². The lowest BCUT2D eigenvalue weighted by Gasteiger charge is -2.31. The Morgan fingerprint density at radius 2 is 1.86 bits per heavy atom. The lowest BCUT2D eigenvalue weighted by atomic mass is 9.88. The molecule has 1 saturated heterocycles. The van der Waals surface area contributed by atoms with Gasteiger partial charge in [-0.3, -0.25) is 4.90 Å². The van der Waals surface area contributed by atoms with Gasteiger partial charge in [0.2, 0.25) is 10.9 Å². The summed E-state index contributed by atoms with van der Waals surface area (Å²) in [5, 5.41) is 8.82. The summed E-state index contributed by atoms with van der Waals surface area (Å²) >= 11 is 0. The predicted octanol–water partition coefficient (Wildman–Crippen LogP) is 2.78. The molecule has 0 radical (unpaired) electrons. The van der Waals surface area contributed by atoms with Gasteiger partial charge in [-0.25, -0.2) is 17.8 Å². The maximum atomic E-state index is 10.7. The normalized spacial score (nSPS) is 19.8. The zero-order valence-corrected chi connectivity index (χ0v) is 17.8. The van der Waals surface area contributed by atoms with Gasteiger partial charge in [0.25, 0.3) is 0 Å². The van der Waals surface area contributed by atoms with E-state index in [-0.39, 0.29) is 0 Å². The Bertz CT molecular complexity index is 859. The van der Waals surface area contributed by atoms with Gasteiger partial charge in [-0.15, -0.1) is 5.10 Å². The van der Waals surface area contributed by atoms with E-state index in [1.54, 1.807) is 0 Å². The maximum absolute atomic E-state index is 10.7. The van der Waals surface area contributed by atoms with Crippen LogP contribution < -0.4 is 4.72 Å². The lowest BCUT2D eigenvalue weighted by molar-refractivity contribution is 0.202. The predicted molar refractivity (Wildman–Crippen MR) is 113 cm³/mol. The van der Waals surface area contributed by atoms with Crippen molar-refractivity contribution in [2.45, 2.75) is 70.0 Å². The molecule has 0 bridgehead atoms. The standard InChI is InChI=1S/C21H31N5O2S/c27-29(28)22-14-17-5-4-6-19(13-17)18-9-11-25(12-10-18)15-20-16-26(24-23-20)21-7-2-1-3-8-21/h4-6,13,16,18,21,29H,1-3,7-12,14-15H2,(H,22,27,28). The van der Waals surface area contributed by atoms with Gasteiger partial charge in [0.15, 0.2) is 0 Å². The van der Waals surface area contributed by atoms with Gasteiger partial charge in [0, 0.05) is 13.1 Å². The van der Waals surface area contributed by atoms with Crippen molar-refractivity contribution in [3.63, 3.8) is 0 Å². The number of hydrogen-bond acceptors (Lipinski definition) is 5. The fourth-order valence-electron chi connectivity index (χ4n) is 4.68. The first-order chi connectivity index (χ1) is 14.2. The van der Waals surface area contributed by atoms with Gasteiger partial charge in [0.05, 0.1) is 17.9 Å². The van der Waals surface area contributed by atoms with Crippen LogP contribution in [0.4, 0.5) is 0 Å². The molecule has 29 heavy (non-hydrogen) atoms. The molecule has 0 spiro atoms. The van der Waals surface area contributed by atoms with Crippen molar-refractivity contribution in [3.05, 3.63) is 47.3 Å². The van der Waals surface area contributed by atoms with Gasteiger partial charge < -0.3 is 0 Å². The molecule has 8 heteroatoms. The lowest BCUT2D eigenvalue weighted by Crippen LogP contribution is -2.32. The summed E-state index contributed by atoms with van der Waals surface area (Å²) < 4.78 is 26.1. The van der Waals surface area contributed by atoms with E-state index >= 15 is 0 Å². The molecule has 0 atom stereocenters. The average molecular weight is 418 g/mol. The second-order valence-corrected chi connectivity index (χ2v) is 9.20. The van der Waals surface area contributed by atoms with E-state index in [2.05, 4.69) is 42.9 Å². The van der Waals surface area contributed by atoms with Crippen LogP contribution in [0.25, 0.3) is 0 Å². The molecule has 158 valence electrons. The second-order valence-electron chi connectivity index (χ2n) is 8.37. The minimum Gasteiger partial charge on any atom is -0.297 e. The first kappa shape index (κ1) is 20.5. The zero-order chi connectivity index (χ0) is 20.1. The molecule has 1 aliphatic carbocycles. The Morgan fingerprint density at radius 3 is 2.62 bits per heavy atom. The third-order valence-corrected chi connectivity index (χ3v) is 6.73. The molecular formula is C21H31N5O2S. The van der Waals surface area contributed by atoms with Crippen LogP contribution in [0.15, 0.2) is 30.5 Å². The summed E-state index contributed by atoms with van der Waals surface area (Å²) in [6.07, 6.45) is 10.8. The number of hydrogen-bond donors (Lipinski definition) is 2. The summed E-state index contributed by atoms with van der Waals surface area (Å²) in [4.78, 5) is 2.47. The van der Waals surface area contributed by atoms with Crippen molar-refractivity contribution in [1.82, 2.24) is 24.6 Å². The van der Waals surface area contributed by atoms with Crippen molar-refractivity contribution in [1.29, 1.82) is 0 Å². The Labute approximate surface area is 174 Å². The van der Waals surface area contributed by atoms with Crippen LogP contribution in [0, 0.1) is 0 Å². The smallest absolute Gasteiger partial charge is 0.201 e. The third kappa shape index (κ3) is 5.65. The van der Waals surface area contributed by atoms with Crippen LogP contribution in [0.5, 0.6) is 0 Å². The Kier molecular flexibility index (Phi) is 6.94. The quantitative estimate of drug-likeness (QED) is 0.677. The van der Waals surface area contributed by atoms with E-state index in [1.807, 2.05) is 12.1 Å². The minimum atomic E-state index is -2.55. The SMILES string of the molecule is O=[SH](=O)NCc1cccc(C2CCN(Cc3cn(C4CCCCC4)nn3)CC2)c1. The Morgan fingerprint density at radius 1 is 1.07 bits per heavy atom. The molecule has 2 aliphatic rings. The molecule has 1 saturated carbocycles. The van der Waals surface area contributed by atoms with E-state index in [0.29, 0.717) is 18.5 Å². The molecule has 2 heterocycles. The number of likely N-dealkylation sites (tertiary alicyclic amines) is 1. The van der Waals surface area contributed by atoms with Crippen molar-refractivity contribution >= 4 is 10.9 Å². The highest BCUT2D eigenvalue weighted by atomic mass is 32.2. The highest BCUT2D eigenvalue weighted by Gasteiger charge is 2.22. The van der Waals surface area contributed by atoms with Crippen molar-refractivity contribution < 1.29 is 8.42 Å². The molecule has 1 aromatic heterocycles. The summed E-state index contributed by atoms with van der Waals surface area (Å²) in [7, 11) is -2.55. The number of nitrogens with zero attached hydrogens (tertiary/aromatic N) is 4. The number of nitrogens with one attached hydrogen (secondary N) is 1. The summed E-state index contributed by atoms with van der Waals surface area (Å²) in [6, 6.07) is 8.84. The first-order valence-electron chi connectivity index (χ1n) is 10.8. The third-order valence-electron chi connectivity index (χ3n) is 6.31. The largest absolute Gasteiger partial charge is 0.297 e. The van der Waals surface area contributed by atoms with Gasteiger partial charge in [-0.1, -0.05) is 48.7 Å². The molecule has 4 rings (SSSR count). The average Bonchev–Trinajstić information content (AvgIpc) is 3.22. The minimum absolute atomic E-state index is 0.363. The van der Waals surface area contributed by atoms with E-state index in [4.69, 9.17) is 0 Å². The molecule has 1 N–H and O–H groups in total. The fraction of sp³-hybridized carbons (Fsp3) is 0.619. The number of aromatic nitrogens is 3. The summed E-state index contributed by atoms with van der Waals surface area (Å²) in [5.74, 6) is 0.533. The van der Waals surface area contributed by atoms with E-state index < -0.39 is 10.9 Å². The van der Waals surface area contributed by atoms with Crippen molar-refractivity contribution in [3.8, 4) is 0 Å². The highest BCUT2D eigenvalue weighted by Crippen LogP contribution is 2.30. The Hall–Kier alpha value is -1.77. The Balaban J connectivity index is 1.28. The van der Waals surface area contributed by atoms with Gasteiger partial charge >= 0.3 is 0 Å². The molecular weight excluding hydrogens is 386 g/mol. The van der Waals surface area contributed by atoms with Crippen LogP contribution in [-0.4, -0.2) is 41.4 Å². The van der Waals surface area contributed by atoms with E-state index in [1.165, 1.54) is 37.7 Å². The number of thiol groups is 1. The highest BCUT2D eigenvalue weighted by molar-refractivity contribution is 7.70. The number of rotatable bonds is 7. The van der Waals surface area contributed by atoms with Crippen LogP contribution in [0.2, 0.25) is 0 Å². The van der Waals surface area contributed by atoms with Gasteiger partial charge in [-0.05, 0) is 55.8 Å². The summed E-state index contributed by atoms with van der Waals surface area (Å²) in [5.41, 5.74) is 3.41.